The summed E-state index contributed by atoms with van der Waals surface area (Å²) in [5.74, 6) is -5.71. The van der Waals surface area contributed by atoms with Crippen LogP contribution in [-0.2, 0) is 14.8 Å². The average Bonchev–Trinajstić information content (AvgIpc) is 2.89. The number of benzene rings is 1. The third kappa shape index (κ3) is 4.05. The fourth-order valence-corrected chi connectivity index (χ4v) is 3.45. The minimum absolute atomic E-state index is 0.0463. The van der Waals surface area contributed by atoms with Gasteiger partial charge in [-0.15, -0.1) is 0 Å². The molecular weight excluding hydrogens is 349 g/mol. The van der Waals surface area contributed by atoms with Gasteiger partial charge in [0.2, 0.25) is 10.0 Å². The van der Waals surface area contributed by atoms with Gasteiger partial charge in [-0.25, -0.2) is 25.9 Å². The molecule has 24 heavy (non-hydrogen) atoms. The average molecular weight is 366 g/mol. The van der Waals surface area contributed by atoms with Crippen molar-refractivity contribution in [1.29, 1.82) is 0 Å². The van der Waals surface area contributed by atoms with Crippen molar-refractivity contribution in [3.63, 3.8) is 0 Å². The van der Waals surface area contributed by atoms with Crippen molar-refractivity contribution >= 4 is 15.9 Å². The molecule has 0 spiro atoms. The van der Waals surface area contributed by atoms with Gasteiger partial charge < -0.3 is 10.1 Å². The fourth-order valence-electron chi connectivity index (χ4n) is 2.28. The van der Waals surface area contributed by atoms with Crippen LogP contribution >= 0.6 is 0 Å². The Morgan fingerprint density at radius 2 is 1.83 bits per heavy atom. The Morgan fingerprint density at radius 1 is 1.21 bits per heavy atom. The molecule has 2 unspecified atom stereocenters. The first-order chi connectivity index (χ1) is 11.1. The van der Waals surface area contributed by atoms with E-state index in [-0.39, 0.29) is 25.0 Å². The number of amides is 1. The molecule has 1 saturated heterocycles. The second-order valence-electron chi connectivity index (χ2n) is 5.68. The lowest BCUT2D eigenvalue weighted by atomic mass is 10.1. The van der Waals surface area contributed by atoms with Crippen molar-refractivity contribution in [1.82, 2.24) is 9.62 Å². The summed E-state index contributed by atoms with van der Waals surface area (Å²) in [6, 6.07) is 0.0600. The highest BCUT2D eigenvalue weighted by Crippen LogP contribution is 2.19. The van der Waals surface area contributed by atoms with Crippen LogP contribution in [0.5, 0.6) is 0 Å². The predicted molar refractivity (Wildman–Crippen MR) is 79.4 cm³/mol. The van der Waals surface area contributed by atoms with E-state index in [9.17, 15) is 26.4 Å². The number of halogens is 3. The highest BCUT2D eigenvalue weighted by Gasteiger charge is 2.34. The highest BCUT2D eigenvalue weighted by molar-refractivity contribution is 7.89. The maximum absolute atomic E-state index is 13.6. The number of carbonyl (C=O) groups excluding carboxylic acids is 1. The zero-order valence-corrected chi connectivity index (χ0v) is 13.9. The molecule has 1 aliphatic rings. The normalized spacial score (nSPS) is 21.2. The maximum Gasteiger partial charge on any atom is 0.254 e. The standard InChI is InChI=1S/C14H17F3N2O4S/c1-19(2)24(21,22)7-8-5-23-6-13(8)18-14(20)9-3-11(16)12(17)4-10(9)15/h3-4,8,13H,5-7H2,1-2H3,(H,18,20). The lowest BCUT2D eigenvalue weighted by Crippen LogP contribution is -2.43. The first-order valence-corrected chi connectivity index (χ1v) is 8.66. The summed E-state index contributed by atoms with van der Waals surface area (Å²) in [5, 5.41) is 2.42. The van der Waals surface area contributed by atoms with Crippen molar-refractivity contribution in [2.45, 2.75) is 6.04 Å². The molecule has 1 heterocycles. The van der Waals surface area contributed by atoms with Gasteiger partial charge >= 0.3 is 0 Å². The summed E-state index contributed by atoms with van der Waals surface area (Å²) in [6.07, 6.45) is 0. The van der Waals surface area contributed by atoms with Gasteiger partial charge in [0.25, 0.3) is 5.91 Å². The summed E-state index contributed by atoms with van der Waals surface area (Å²) in [5.41, 5.74) is -0.657. The van der Waals surface area contributed by atoms with Crippen molar-refractivity contribution in [3.05, 3.63) is 35.1 Å². The molecule has 1 fully saturated rings. The predicted octanol–water partition coefficient (Wildman–Crippen LogP) is 0.740. The number of nitrogens with one attached hydrogen (secondary N) is 1. The molecule has 1 aliphatic heterocycles. The van der Waals surface area contributed by atoms with Gasteiger partial charge in [-0.2, -0.15) is 0 Å². The molecular formula is C14H17F3N2O4S. The zero-order chi connectivity index (χ0) is 18.1. The Bertz CT molecular complexity index is 740. The van der Waals surface area contributed by atoms with E-state index in [1.165, 1.54) is 14.1 Å². The van der Waals surface area contributed by atoms with Crippen molar-refractivity contribution in [2.24, 2.45) is 5.92 Å². The van der Waals surface area contributed by atoms with Crippen LogP contribution in [0, 0.1) is 23.4 Å². The summed E-state index contributed by atoms with van der Waals surface area (Å²) >= 11 is 0. The molecule has 1 aromatic rings. The lowest BCUT2D eigenvalue weighted by Gasteiger charge is -2.21. The Labute approximate surface area is 137 Å². The van der Waals surface area contributed by atoms with Crippen LogP contribution in [0.4, 0.5) is 13.2 Å². The minimum Gasteiger partial charge on any atom is -0.379 e. The summed E-state index contributed by atoms with van der Waals surface area (Å²) in [7, 11) is -0.748. The van der Waals surface area contributed by atoms with Crippen molar-refractivity contribution < 1.29 is 31.1 Å². The van der Waals surface area contributed by atoms with Gasteiger partial charge in [0.15, 0.2) is 11.6 Å². The van der Waals surface area contributed by atoms with Crippen LogP contribution in [0.3, 0.4) is 0 Å². The molecule has 6 nitrogen and oxygen atoms in total. The number of nitrogens with zero attached hydrogens (tertiary/aromatic N) is 1. The summed E-state index contributed by atoms with van der Waals surface area (Å²) in [6.45, 7) is 0.156. The highest BCUT2D eigenvalue weighted by atomic mass is 32.2. The van der Waals surface area contributed by atoms with E-state index >= 15 is 0 Å². The maximum atomic E-state index is 13.6. The van der Waals surface area contributed by atoms with Gasteiger partial charge in [-0.1, -0.05) is 0 Å². The van der Waals surface area contributed by atoms with Gasteiger partial charge in [0, 0.05) is 26.1 Å². The smallest absolute Gasteiger partial charge is 0.254 e. The van der Waals surface area contributed by atoms with E-state index in [1.807, 2.05) is 0 Å². The van der Waals surface area contributed by atoms with Crippen LogP contribution in [0.15, 0.2) is 12.1 Å². The van der Waals surface area contributed by atoms with Crippen LogP contribution in [0.2, 0.25) is 0 Å². The van der Waals surface area contributed by atoms with Crippen LogP contribution < -0.4 is 5.32 Å². The number of carbonyl (C=O) groups is 1. The van der Waals surface area contributed by atoms with Gasteiger partial charge in [-0.05, 0) is 6.07 Å². The molecule has 1 aromatic carbocycles. The molecule has 134 valence electrons. The van der Waals surface area contributed by atoms with Crippen LogP contribution in [-0.4, -0.2) is 57.7 Å². The molecule has 1 N–H and O–H groups in total. The zero-order valence-electron chi connectivity index (χ0n) is 13.1. The van der Waals surface area contributed by atoms with E-state index < -0.39 is 50.9 Å². The van der Waals surface area contributed by atoms with Crippen molar-refractivity contribution in [2.75, 3.05) is 33.1 Å². The first-order valence-electron chi connectivity index (χ1n) is 7.05. The van der Waals surface area contributed by atoms with Crippen LogP contribution in [0.25, 0.3) is 0 Å². The molecule has 2 rings (SSSR count). The third-order valence-electron chi connectivity index (χ3n) is 3.75. The Balaban J connectivity index is 2.12. The van der Waals surface area contributed by atoms with E-state index in [0.29, 0.717) is 6.07 Å². The fraction of sp³-hybridized carbons (Fsp3) is 0.500. The summed E-state index contributed by atoms with van der Waals surface area (Å²) < 4.78 is 69.8. The number of hydrogen-bond acceptors (Lipinski definition) is 4. The third-order valence-corrected chi connectivity index (χ3v) is 5.71. The summed E-state index contributed by atoms with van der Waals surface area (Å²) in [4.78, 5) is 12.1. The van der Waals surface area contributed by atoms with E-state index in [2.05, 4.69) is 5.32 Å². The second-order valence-corrected chi connectivity index (χ2v) is 7.91. The molecule has 10 heteroatoms. The number of rotatable bonds is 5. The first kappa shape index (κ1) is 18.7. The van der Waals surface area contributed by atoms with Crippen LogP contribution in [0.1, 0.15) is 10.4 Å². The lowest BCUT2D eigenvalue weighted by molar-refractivity contribution is 0.0921. The molecule has 0 aromatic heterocycles. The van der Waals surface area contributed by atoms with Gasteiger partial charge in [-0.3, -0.25) is 4.79 Å². The number of hydrogen-bond donors (Lipinski definition) is 1. The molecule has 2 atom stereocenters. The topological polar surface area (TPSA) is 75.7 Å². The van der Waals surface area contributed by atoms with Gasteiger partial charge in [0.05, 0.1) is 30.6 Å². The second kappa shape index (κ2) is 7.08. The minimum atomic E-state index is -3.52. The Kier molecular flexibility index (Phi) is 5.51. The quantitative estimate of drug-likeness (QED) is 0.780. The Hall–Kier alpha value is -1.65. The van der Waals surface area contributed by atoms with Gasteiger partial charge in [0.1, 0.15) is 5.82 Å². The number of ether oxygens (including phenoxy) is 1. The van der Waals surface area contributed by atoms with E-state index in [0.717, 1.165) is 4.31 Å². The molecule has 0 bridgehead atoms. The molecule has 0 aliphatic carbocycles. The Morgan fingerprint density at radius 3 is 2.46 bits per heavy atom. The molecule has 0 radical (unpaired) electrons. The van der Waals surface area contributed by atoms with E-state index in [4.69, 9.17) is 4.74 Å². The van der Waals surface area contributed by atoms with Crippen molar-refractivity contribution in [3.8, 4) is 0 Å². The SMILES string of the molecule is CN(C)S(=O)(=O)CC1COCC1NC(=O)c1cc(F)c(F)cc1F. The van der Waals surface area contributed by atoms with E-state index in [1.54, 1.807) is 0 Å². The largest absolute Gasteiger partial charge is 0.379 e. The monoisotopic (exact) mass is 366 g/mol. The molecule has 0 saturated carbocycles. The molecule has 1 amide bonds. The number of sulfonamides is 1.